The molecule has 0 saturated carbocycles. The summed E-state index contributed by atoms with van der Waals surface area (Å²) in [5.41, 5.74) is 0.920. The number of aromatic nitrogens is 3. The van der Waals surface area contributed by atoms with E-state index in [4.69, 9.17) is 11.6 Å². The van der Waals surface area contributed by atoms with Gasteiger partial charge in [0.15, 0.2) is 16.8 Å². The maximum Gasteiger partial charge on any atom is 0.191 e. The summed E-state index contributed by atoms with van der Waals surface area (Å²) in [6.07, 6.45) is 0. The van der Waals surface area contributed by atoms with E-state index >= 15 is 0 Å². The number of carbonyl (C=O) groups excluding carboxylic acids is 1. The molecule has 3 rings (SSSR count). The predicted molar refractivity (Wildman–Crippen MR) is 100 cm³/mol. The van der Waals surface area contributed by atoms with Crippen molar-refractivity contribution in [2.75, 3.05) is 5.75 Å². The summed E-state index contributed by atoms with van der Waals surface area (Å²) < 4.78 is 2.00. The summed E-state index contributed by atoms with van der Waals surface area (Å²) in [5.74, 6) is 1.24. The minimum absolute atomic E-state index is 0.119. The van der Waals surface area contributed by atoms with Crippen molar-refractivity contribution in [2.24, 2.45) is 0 Å². The largest absolute Gasteiger partial charge is 0.302 e. The molecule has 24 heavy (non-hydrogen) atoms. The van der Waals surface area contributed by atoms with Crippen LogP contribution >= 0.6 is 34.7 Å². The lowest BCUT2D eigenvalue weighted by atomic mass is 10.2. The maximum absolute atomic E-state index is 12.3. The number of halogens is 1. The summed E-state index contributed by atoms with van der Waals surface area (Å²) in [5, 5.41) is 9.93. The van der Waals surface area contributed by atoms with Crippen LogP contribution in [0.25, 0.3) is 11.4 Å². The van der Waals surface area contributed by atoms with Gasteiger partial charge in [-0.05, 0) is 38.1 Å². The highest BCUT2D eigenvalue weighted by molar-refractivity contribution is 7.99. The Morgan fingerprint density at radius 3 is 2.79 bits per heavy atom. The summed E-state index contributed by atoms with van der Waals surface area (Å²) in [7, 11) is 0. The number of aryl methyl sites for hydroxylation is 1. The molecule has 7 heteroatoms. The molecule has 0 radical (unpaired) electrons. The lowest BCUT2D eigenvalue weighted by molar-refractivity contribution is 0.102. The number of thioether (sulfide) groups is 1. The third-order valence-electron chi connectivity index (χ3n) is 3.46. The summed E-state index contributed by atoms with van der Waals surface area (Å²) in [6, 6.07) is 11.4. The third-order valence-corrected chi connectivity index (χ3v) is 5.71. The number of benzene rings is 1. The fourth-order valence-corrected chi connectivity index (χ4v) is 4.28. The summed E-state index contributed by atoms with van der Waals surface area (Å²) >= 11 is 9.00. The van der Waals surface area contributed by atoms with Gasteiger partial charge in [-0.2, -0.15) is 0 Å². The Labute approximate surface area is 153 Å². The standard InChI is InChI=1S/C17H16ClN3OS2/c1-3-21-16(12-5-4-6-13(18)9-12)19-20-17(21)23-10-14(22)15-8-7-11(2)24-15/h4-9H,3,10H2,1-2H3. The van der Waals surface area contributed by atoms with Crippen molar-refractivity contribution in [1.29, 1.82) is 0 Å². The van der Waals surface area contributed by atoms with Gasteiger partial charge in [-0.15, -0.1) is 21.5 Å². The number of rotatable bonds is 6. The molecule has 4 nitrogen and oxygen atoms in total. The molecule has 0 bridgehead atoms. The molecule has 3 aromatic rings. The average molecular weight is 378 g/mol. The average Bonchev–Trinajstić information content (AvgIpc) is 3.18. The number of hydrogen-bond acceptors (Lipinski definition) is 5. The number of Topliss-reactive ketones (excluding diaryl/α,β-unsaturated/α-hetero) is 1. The Morgan fingerprint density at radius 1 is 1.29 bits per heavy atom. The number of thiophene rings is 1. The van der Waals surface area contributed by atoms with Gasteiger partial charge in [-0.25, -0.2) is 0 Å². The fraction of sp³-hybridized carbons (Fsp3) is 0.235. The Morgan fingerprint density at radius 2 is 2.12 bits per heavy atom. The first kappa shape index (κ1) is 17.2. The molecule has 0 aliphatic carbocycles. The van der Waals surface area contributed by atoms with E-state index in [1.165, 1.54) is 23.1 Å². The van der Waals surface area contributed by atoms with Gasteiger partial charge in [0.05, 0.1) is 10.6 Å². The highest BCUT2D eigenvalue weighted by Crippen LogP contribution is 2.27. The summed E-state index contributed by atoms with van der Waals surface area (Å²) in [4.78, 5) is 14.2. The van der Waals surface area contributed by atoms with Crippen LogP contribution in [0.5, 0.6) is 0 Å². The first-order valence-corrected chi connectivity index (χ1v) is 9.68. The predicted octanol–water partition coefficient (Wildman–Crippen LogP) is 4.96. The lowest BCUT2D eigenvalue weighted by Gasteiger charge is -2.07. The van der Waals surface area contributed by atoms with Crippen molar-refractivity contribution in [1.82, 2.24) is 14.8 Å². The van der Waals surface area contributed by atoms with E-state index in [1.54, 1.807) is 0 Å². The lowest BCUT2D eigenvalue weighted by Crippen LogP contribution is -2.03. The molecular weight excluding hydrogens is 362 g/mol. The molecule has 0 unspecified atom stereocenters. The van der Waals surface area contributed by atoms with E-state index < -0.39 is 0 Å². The second kappa shape index (κ2) is 7.51. The molecule has 0 aliphatic heterocycles. The van der Waals surface area contributed by atoms with Gasteiger partial charge in [0, 0.05) is 22.0 Å². The van der Waals surface area contributed by atoms with Crippen LogP contribution < -0.4 is 0 Å². The van der Waals surface area contributed by atoms with Crippen LogP contribution in [0.3, 0.4) is 0 Å². The first-order chi connectivity index (χ1) is 11.6. The van der Waals surface area contributed by atoms with Crippen LogP contribution in [-0.4, -0.2) is 26.3 Å². The van der Waals surface area contributed by atoms with Crippen LogP contribution in [-0.2, 0) is 6.54 Å². The second-order valence-electron chi connectivity index (χ2n) is 5.18. The van der Waals surface area contributed by atoms with Crippen molar-refractivity contribution in [3.63, 3.8) is 0 Å². The Hall–Kier alpha value is -1.63. The van der Waals surface area contributed by atoms with Gasteiger partial charge in [0.2, 0.25) is 0 Å². The van der Waals surface area contributed by atoms with E-state index in [2.05, 4.69) is 10.2 Å². The van der Waals surface area contributed by atoms with Gasteiger partial charge in [-0.1, -0.05) is 35.5 Å². The molecule has 0 fully saturated rings. The molecule has 124 valence electrons. The molecule has 0 amide bonds. The molecular formula is C17H16ClN3OS2. The zero-order chi connectivity index (χ0) is 17.1. The van der Waals surface area contributed by atoms with Crippen LogP contribution in [0.4, 0.5) is 0 Å². The van der Waals surface area contributed by atoms with E-state index in [-0.39, 0.29) is 5.78 Å². The van der Waals surface area contributed by atoms with Crippen LogP contribution in [0.15, 0.2) is 41.6 Å². The molecule has 2 aromatic heterocycles. The van der Waals surface area contributed by atoms with Crippen LogP contribution in [0.1, 0.15) is 21.5 Å². The fourth-order valence-electron chi connectivity index (χ4n) is 2.31. The number of nitrogens with zero attached hydrogens (tertiary/aromatic N) is 3. The van der Waals surface area contributed by atoms with Gasteiger partial charge in [0.1, 0.15) is 0 Å². The van der Waals surface area contributed by atoms with Crippen LogP contribution in [0.2, 0.25) is 5.02 Å². The van der Waals surface area contributed by atoms with Crippen molar-refractivity contribution < 1.29 is 4.79 Å². The van der Waals surface area contributed by atoms with Gasteiger partial charge >= 0.3 is 0 Å². The molecule has 0 aliphatic rings. The van der Waals surface area contributed by atoms with Crippen molar-refractivity contribution in [3.05, 3.63) is 51.2 Å². The quantitative estimate of drug-likeness (QED) is 0.449. The Bertz CT molecular complexity index is 872. The second-order valence-corrected chi connectivity index (χ2v) is 7.85. The Balaban J connectivity index is 1.78. The normalized spacial score (nSPS) is 11.0. The number of ketones is 1. The van der Waals surface area contributed by atoms with Crippen LogP contribution in [0, 0.1) is 6.92 Å². The smallest absolute Gasteiger partial charge is 0.191 e. The zero-order valence-corrected chi connectivity index (χ0v) is 15.7. The molecule has 2 heterocycles. The van der Waals surface area contributed by atoms with E-state index in [0.717, 1.165) is 32.8 Å². The number of carbonyl (C=O) groups is 1. The molecule has 0 spiro atoms. The first-order valence-electron chi connectivity index (χ1n) is 7.50. The number of hydrogen-bond donors (Lipinski definition) is 0. The molecule has 0 atom stereocenters. The molecule has 0 N–H and O–H groups in total. The van der Waals surface area contributed by atoms with Gasteiger partial charge < -0.3 is 4.57 Å². The van der Waals surface area contributed by atoms with Crippen molar-refractivity contribution in [2.45, 2.75) is 25.5 Å². The summed E-state index contributed by atoms with van der Waals surface area (Å²) in [6.45, 7) is 4.76. The molecule has 1 aromatic carbocycles. The monoisotopic (exact) mass is 377 g/mol. The van der Waals surface area contributed by atoms with Crippen molar-refractivity contribution >= 4 is 40.5 Å². The van der Waals surface area contributed by atoms with E-state index in [9.17, 15) is 4.79 Å². The molecule has 0 saturated heterocycles. The maximum atomic E-state index is 12.3. The Kier molecular flexibility index (Phi) is 5.38. The SMILES string of the molecule is CCn1c(SCC(=O)c2ccc(C)s2)nnc1-c1cccc(Cl)c1. The van der Waals surface area contributed by atoms with Gasteiger partial charge in [0.25, 0.3) is 0 Å². The van der Waals surface area contributed by atoms with E-state index in [0.29, 0.717) is 10.8 Å². The zero-order valence-electron chi connectivity index (χ0n) is 13.3. The highest BCUT2D eigenvalue weighted by Gasteiger charge is 2.16. The third kappa shape index (κ3) is 3.71. The minimum atomic E-state index is 0.119. The van der Waals surface area contributed by atoms with Gasteiger partial charge in [-0.3, -0.25) is 4.79 Å². The minimum Gasteiger partial charge on any atom is -0.302 e. The van der Waals surface area contributed by atoms with Crippen molar-refractivity contribution in [3.8, 4) is 11.4 Å². The topological polar surface area (TPSA) is 47.8 Å². The van der Waals surface area contributed by atoms with E-state index in [1.807, 2.05) is 54.8 Å². The highest BCUT2D eigenvalue weighted by atomic mass is 35.5.